The van der Waals surface area contributed by atoms with E-state index in [1.54, 1.807) is 33.8 Å². The first-order chi connectivity index (χ1) is 8.06. The average Bonchev–Trinajstić information content (AvgIpc) is 2.18. The molecule has 0 aliphatic carbocycles. The lowest BCUT2D eigenvalue weighted by Gasteiger charge is -2.38. The van der Waals surface area contributed by atoms with Crippen LogP contribution in [-0.4, -0.2) is 21.2 Å². The lowest BCUT2D eigenvalue weighted by Crippen LogP contribution is -2.51. The van der Waals surface area contributed by atoms with Crippen molar-refractivity contribution in [2.24, 2.45) is 0 Å². The summed E-state index contributed by atoms with van der Waals surface area (Å²) in [6.07, 6.45) is 0. The largest absolute Gasteiger partial charge is 0.388 e. The van der Waals surface area contributed by atoms with Gasteiger partial charge in [-0.15, -0.1) is 0 Å². The Hall–Kier alpha value is -1.33. The Bertz CT molecular complexity index is 467. The van der Waals surface area contributed by atoms with Gasteiger partial charge in [0.05, 0.1) is 21.1 Å². The van der Waals surface area contributed by atoms with Gasteiger partial charge in [-0.1, -0.05) is 17.7 Å². The minimum Gasteiger partial charge on any atom is -0.388 e. The van der Waals surface area contributed by atoms with E-state index >= 15 is 0 Å². The molecule has 1 rings (SSSR count). The Morgan fingerprint density at radius 1 is 1.33 bits per heavy atom. The van der Waals surface area contributed by atoms with Gasteiger partial charge < -0.3 is 10.4 Å². The molecule has 0 amide bonds. The summed E-state index contributed by atoms with van der Waals surface area (Å²) in [6, 6.07) is 4.45. The van der Waals surface area contributed by atoms with Crippen LogP contribution < -0.4 is 5.32 Å². The highest BCUT2D eigenvalue weighted by atomic mass is 35.5. The first-order valence-corrected chi connectivity index (χ1v) is 5.87. The summed E-state index contributed by atoms with van der Waals surface area (Å²) >= 11 is 5.98. The summed E-state index contributed by atoms with van der Waals surface area (Å²) in [5, 5.41) is 24.2. The Morgan fingerprint density at radius 2 is 1.89 bits per heavy atom. The molecular weight excluding hydrogens is 256 g/mol. The van der Waals surface area contributed by atoms with Gasteiger partial charge in [0.25, 0.3) is 5.69 Å². The molecule has 100 valence electrons. The minimum atomic E-state index is -1.07. The second kappa shape index (κ2) is 4.74. The van der Waals surface area contributed by atoms with Crippen molar-refractivity contribution in [3.05, 3.63) is 33.3 Å². The quantitative estimate of drug-likeness (QED) is 0.652. The predicted molar refractivity (Wildman–Crippen MR) is 72.1 cm³/mol. The number of hydrogen-bond acceptors (Lipinski definition) is 4. The molecule has 0 bridgehead atoms. The van der Waals surface area contributed by atoms with Crippen molar-refractivity contribution >= 4 is 23.0 Å². The number of nitrogens with one attached hydrogen (secondary N) is 1. The maximum Gasteiger partial charge on any atom is 0.293 e. The molecule has 0 saturated heterocycles. The van der Waals surface area contributed by atoms with Crippen LogP contribution in [0.25, 0.3) is 0 Å². The summed E-state index contributed by atoms with van der Waals surface area (Å²) in [6.45, 7) is 6.76. The van der Waals surface area contributed by atoms with Crippen molar-refractivity contribution in [1.82, 2.24) is 0 Å². The van der Waals surface area contributed by atoms with Crippen LogP contribution in [0.1, 0.15) is 27.7 Å². The van der Waals surface area contributed by atoms with E-state index in [9.17, 15) is 15.2 Å². The summed E-state index contributed by atoms with van der Waals surface area (Å²) in [4.78, 5) is 10.4. The van der Waals surface area contributed by atoms with Gasteiger partial charge in [-0.3, -0.25) is 10.1 Å². The highest BCUT2D eigenvalue weighted by Crippen LogP contribution is 2.36. The molecule has 18 heavy (non-hydrogen) atoms. The van der Waals surface area contributed by atoms with Crippen LogP contribution in [0.15, 0.2) is 18.2 Å². The minimum absolute atomic E-state index is 0.111. The van der Waals surface area contributed by atoms with Gasteiger partial charge >= 0.3 is 0 Å². The molecule has 0 fully saturated rings. The third-order valence-electron chi connectivity index (χ3n) is 3.16. The maximum atomic E-state index is 11.0. The topological polar surface area (TPSA) is 75.4 Å². The van der Waals surface area contributed by atoms with Gasteiger partial charge in [-0.25, -0.2) is 0 Å². The van der Waals surface area contributed by atoms with Crippen LogP contribution in [-0.2, 0) is 0 Å². The highest BCUT2D eigenvalue weighted by molar-refractivity contribution is 6.33. The summed E-state index contributed by atoms with van der Waals surface area (Å²) in [5.74, 6) is 0. The van der Waals surface area contributed by atoms with Crippen molar-refractivity contribution in [1.29, 1.82) is 0 Å². The van der Waals surface area contributed by atoms with Gasteiger partial charge in [0, 0.05) is 6.07 Å². The van der Waals surface area contributed by atoms with Gasteiger partial charge in [0.2, 0.25) is 0 Å². The fourth-order valence-electron chi connectivity index (χ4n) is 1.25. The second-order valence-electron chi connectivity index (χ2n) is 5.20. The van der Waals surface area contributed by atoms with Crippen molar-refractivity contribution in [3.63, 3.8) is 0 Å². The third-order valence-corrected chi connectivity index (χ3v) is 3.47. The van der Waals surface area contributed by atoms with E-state index in [-0.39, 0.29) is 16.4 Å². The number of nitro benzene ring substituents is 1. The summed E-state index contributed by atoms with van der Waals surface area (Å²) in [5.41, 5.74) is -1.74. The molecule has 1 aromatic rings. The molecular formula is C12H17ClN2O3. The van der Waals surface area contributed by atoms with Crippen LogP contribution in [0, 0.1) is 10.1 Å². The molecule has 5 nitrogen and oxygen atoms in total. The van der Waals surface area contributed by atoms with Crippen molar-refractivity contribution in [3.8, 4) is 0 Å². The molecule has 0 saturated carbocycles. The smallest absolute Gasteiger partial charge is 0.293 e. The molecule has 0 unspecified atom stereocenters. The number of anilines is 1. The van der Waals surface area contributed by atoms with Crippen LogP contribution in [0.2, 0.25) is 5.02 Å². The van der Waals surface area contributed by atoms with E-state index in [1.807, 2.05) is 0 Å². The van der Waals surface area contributed by atoms with E-state index < -0.39 is 16.1 Å². The van der Waals surface area contributed by atoms with Crippen LogP contribution in [0.5, 0.6) is 0 Å². The standard InChI is InChI=1S/C12H17ClN2O3/c1-11(2,12(3,4)16)14-10-8(13)6-5-7-9(10)15(17)18/h5-7,14,16H,1-4H3. The van der Waals surface area contributed by atoms with Gasteiger partial charge in [0.15, 0.2) is 0 Å². The SMILES string of the molecule is CC(C)(O)C(C)(C)Nc1c(Cl)cccc1[N+](=O)[O-]. The lowest BCUT2D eigenvalue weighted by molar-refractivity contribution is -0.384. The molecule has 0 radical (unpaired) electrons. The zero-order chi connectivity index (χ0) is 14.1. The number of benzene rings is 1. The second-order valence-corrected chi connectivity index (χ2v) is 5.61. The summed E-state index contributed by atoms with van der Waals surface area (Å²) < 4.78 is 0. The summed E-state index contributed by atoms with van der Waals surface area (Å²) in [7, 11) is 0. The molecule has 0 heterocycles. The van der Waals surface area contributed by atoms with E-state index in [0.717, 1.165) is 0 Å². The number of halogens is 1. The fourth-order valence-corrected chi connectivity index (χ4v) is 1.47. The Balaban J connectivity index is 3.23. The number of nitrogens with zero attached hydrogens (tertiary/aromatic N) is 1. The molecule has 2 N–H and O–H groups in total. The van der Waals surface area contributed by atoms with Crippen molar-refractivity contribution in [2.75, 3.05) is 5.32 Å². The third kappa shape index (κ3) is 2.91. The maximum absolute atomic E-state index is 11.0. The predicted octanol–water partition coefficient (Wildman–Crippen LogP) is 3.21. The molecule has 1 aromatic carbocycles. The van der Waals surface area contributed by atoms with Gasteiger partial charge in [-0.2, -0.15) is 0 Å². The zero-order valence-electron chi connectivity index (χ0n) is 10.8. The lowest BCUT2D eigenvalue weighted by atomic mass is 9.85. The van der Waals surface area contributed by atoms with Crippen molar-refractivity contribution in [2.45, 2.75) is 38.8 Å². The van der Waals surface area contributed by atoms with Crippen molar-refractivity contribution < 1.29 is 10.0 Å². The molecule has 0 aliphatic heterocycles. The monoisotopic (exact) mass is 272 g/mol. The van der Waals surface area contributed by atoms with E-state index in [4.69, 9.17) is 11.6 Å². The fraction of sp³-hybridized carbons (Fsp3) is 0.500. The van der Waals surface area contributed by atoms with Gasteiger partial charge in [-0.05, 0) is 33.8 Å². The van der Waals surface area contributed by atoms with Gasteiger partial charge in [0.1, 0.15) is 5.69 Å². The zero-order valence-corrected chi connectivity index (χ0v) is 11.6. The highest BCUT2D eigenvalue weighted by Gasteiger charge is 2.36. The first kappa shape index (κ1) is 14.7. The molecule has 0 aromatic heterocycles. The molecule has 0 aliphatic rings. The number of aliphatic hydroxyl groups is 1. The normalized spacial score (nSPS) is 12.3. The first-order valence-electron chi connectivity index (χ1n) is 5.50. The van der Waals surface area contributed by atoms with Crippen LogP contribution in [0.3, 0.4) is 0 Å². The Labute approximate surface area is 111 Å². The Kier molecular flexibility index (Phi) is 3.88. The van der Waals surface area contributed by atoms with Crippen LogP contribution in [0.4, 0.5) is 11.4 Å². The van der Waals surface area contributed by atoms with E-state index in [1.165, 1.54) is 12.1 Å². The Morgan fingerprint density at radius 3 is 2.33 bits per heavy atom. The molecule has 6 heteroatoms. The number of hydrogen-bond donors (Lipinski definition) is 2. The van der Waals surface area contributed by atoms with Crippen LogP contribution >= 0.6 is 11.6 Å². The number of nitro groups is 1. The molecule has 0 atom stereocenters. The van der Waals surface area contributed by atoms with E-state index in [0.29, 0.717) is 0 Å². The molecule has 0 spiro atoms. The average molecular weight is 273 g/mol. The number of para-hydroxylation sites is 1. The van der Waals surface area contributed by atoms with E-state index in [2.05, 4.69) is 5.32 Å². The number of rotatable bonds is 4.